The number of hydrogen-bond donors (Lipinski definition) is 2. The van der Waals surface area contributed by atoms with Crippen LogP contribution in [0, 0.1) is 11.8 Å². The molecule has 0 radical (unpaired) electrons. The molecule has 40 heavy (non-hydrogen) atoms. The molecular weight excluding hydrogens is 504 g/mol. The fourth-order valence-electron chi connectivity index (χ4n) is 4.65. The number of esters is 2. The minimum atomic E-state index is -0.818. The molecule has 1 rings (SSSR count). The maximum atomic E-state index is 13.3. The van der Waals surface area contributed by atoms with Crippen molar-refractivity contribution >= 4 is 17.8 Å². The van der Waals surface area contributed by atoms with Crippen LogP contribution in [0.25, 0.3) is 0 Å². The van der Waals surface area contributed by atoms with Gasteiger partial charge in [0.25, 0.3) is 0 Å². The average molecular weight is 561 g/mol. The largest absolute Gasteiger partial charge is 0.461 e. The highest BCUT2D eigenvalue weighted by atomic mass is 16.6. The molecule has 0 fully saturated rings. The number of hydrogen-bond acceptors (Lipinski definition) is 6. The normalized spacial score (nSPS) is 14.3. The first-order valence-corrected chi connectivity index (χ1v) is 15.6. The summed E-state index contributed by atoms with van der Waals surface area (Å²) in [7, 11) is 0. The summed E-state index contributed by atoms with van der Waals surface area (Å²) in [5.74, 6) is -1.15. The molecule has 0 bridgehead atoms. The maximum Gasteiger partial charge on any atom is 0.329 e. The molecule has 0 aromatic heterocycles. The van der Waals surface area contributed by atoms with Gasteiger partial charge in [0.15, 0.2) is 0 Å². The van der Waals surface area contributed by atoms with Crippen LogP contribution >= 0.6 is 0 Å². The van der Waals surface area contributed by atoms with Crippen LogP contribution in [0.4, 0.5) is 0 Å². The first-order valence-electron chi connectivity index (χ1n) is 15.6. The van der Waals surface area contributed by atoms with E-state index in [0.717, 1.165) is 24.8 Å². The van der Waals surface area contributed by atoms with E-state index in [1.807, 2.05) is 58.0 Å². The Balaban J connectivity index is 2.76. The van der Waals surface area contributed by atoms with Gasteiger partial charge in [-0.15, -0.1) is 0 Å². The Bertz CT molecular complexity index is 829. The Labute approximate surface area is 243 Å². The van der Waals surface area contributed by atoms with Crippen LogP contribution in [0.5, 0.6) is 0 Å². The van der Waals surface area contributed by atoms with E-state index < -0.39 is 30.1 Å². The highest BCUT2D eigenvalue weighted by Gasteiger charge is 2.31. The van der Waals surface area contributed by atoms with E-state index in [1.54, 1.807) is 0 Å². The molecule has 4 atom stereocenters. The van der Waals surface area contributed by atoms with Gasteiger partial charge < -0.3 is 20.5 Å². The second kappa shape index (κ2) is 21.4. The van der Waals surface area contributed by atoms with Crippen molar-refractivity contribution in [2.75, 3.05) is 0 Å². The van der Waals surface area contributed by atoms with Crippen LogP contribution < -0.4 is 11.1 Å². The molecule has 0 heterocycles. The van der Waals surface area contributed by atoms with Crippen molar-refractivity contribution in [3.8, 4) is 0 Å². The van der Waals surface area contributed by atoms with Crippen LogP contribution in [0.2, 0.25) is 0 Å². The fourth-order valence-corrected chi connectivity index (χ4v) is 4.65. The maximum absolute atomic E-state index is 13.3. The molecule has 0 aliphatic carbocycles. The molecule has 1 amide bonds. The van der Waals surface area contributed by atoms with Crippen LogP contribution in [0.3, 0.4) is 0 Å². The van der Waals surface area contributed by atoms with Gasteiger partial charge in [-0.1, -0.05) is 123 Å². The highest BCUT2D eigenvalue weighted by molar-refractivity contribution is 5.87. The Hall–Kier alpha value is -2.41. The molecule has 7 nitrogen and oxygen atoms in total. The minimum Gasteiger partial charge on any atom is -0.461 e. The average Bonchev–Trinajstić information content (AvgIpc) is 2.93. The topological polar surface area (TPSA) is 108 Å². The van der Waals surface area contributed by atoms with E-state index in [0.29, 0.717) is 19.3 Å². The van der Waals surface area contributed by atoms with Gasteiger partial charge in [-0.3, -0.25) is 9.59 Å². The van der Waals surface area contributed by atoms with Gasteiger partial charge in [0.1, 0.15) is 18.8 Å². The second-order valence-corrected chi connectivity index (χ2v) is 11.6. The predicted molar refractivity (Wildman–Crippen MR) is 161 cm³/mol. The zero-order chi connectivity index (χ0) is 29.8. The van der Waals surface area contributed by atoms with E-state index >= 15 is 0 Å². The molecule has 0 aliphatic rings. The van der Waals surface area contributed by atoms with Crippen molar-refractivity contribution in [2.24, 2.45) is 17.6 Å². The van der Waals surface area contributed by atoms with Gasteiger partial charge in [0.05, 0.1) is 12.5 Å². The number of benzene rings is 1. The summed E-state index contributed by atoms with van der Waals surface area (Å²) in [5.41, 5.74) is 6.97. The smallest absolute Gasteiger partial charge is 0.329 e. The zero-order valence-electron chi connectivity index (χ0n) is 25.8. The van der Waals surface area contributed by atoms with Crippen molar-refractivity contribution in [3.63, 3.8) is 0 Å². The first kappa shape index (κ1) is 35.6. The summed E-state index contributed by atoms with van der Waals surface area (Å²) in [6, 6.07) is 8.00. The Morgan fingerprint density at radius 3 is 2.05 bits per heavy atom. The molecule has 1 aromatic rings. The van der Waals surface area contributed by atoms with Crippen molar-refractivity contribution in [1.82, 2.24) is 5.32 Å². The summed E-state index contributed by atoms with van der Waals surface area (Å²) >= 11 is 0. The van der Waals surface area contributed by atoms with Gasteiger partial charge in [-0.25, -0.2) is 4.79 Å². The SMILES string of the molecule is CCCCCCCCCCCC(CC(=O)OCc1ccccc1)OC(=O)[C@@H](NC(=O)[C@H](N)CC(C)C)[C@@H](C)CC. The molecule has 0 saturated heterocycles. The lowest BCUT2D eigenvalue weighted by atomic mass is 9.97. The minimum absolute atomic E-state index is 0.0103. The molecule has 7 heteroatoms. The van der Waals surface area contributed by atoms with Crippen molar-refractivity contribution in [2.45, 2.75) is 143 Å². The lowest BCUT2D eigenvalue weighted by Gasteiger charge is -2.27. The summed E-state index contributed by atoms with van der Waals surface area (Å²) in [6.07, 6.45) is 11.8. The van der Waals surface area contributed by atoms with Crippen molar-refractivity contribution in [3.05, 3.63) is 35.9 Å². The third-order valence-electron chi connectivity index (χ3n) is 7.38. The number of ether oxygens (including phenoxy) is 2. The first-order chi connectivity index (χ1) is 19.2. The number of amides is 1. The van der Waals surface area contributed by atoms with Crippen molar-refractivity contribution < 1.29 is 23.9 Å². The second-order valence-electron chi connectivity index (χ2n) is 11.6. The Morgan fingerprint density at radius 2 is 1.48 bits per heavy atom. The summed E-state index contributed by atoms with van der Waals surface area (Å²) < 4.78 is 11.4. The van der Waals surface area contributed by atoms with E-state index in [1.165, 1.54) is 38.5 Å². The number of nitrogens with one attached hydrogen (secondary N) is 1. The number of unbranched alkanes of at least 4 members (excludes halogenated alkanes) is 8. The van der Waals surface area contributed by atoms with Gasteiger partial charge in [0.2, 0.25) is 5.91 Å². The molecule has 0 saturated carbocycles. The number of carbonyl (C=O) groups is 3. The van der Waals surface area contributed by atoms with Crippen LogP contribution in [0.1, 0.15) is 124 Å². The Kier molecular flexibility index (Phi) is 19.0. The molecule has 1 unspecified atom stereocenters. The quantitative estimate of drug-likeness (QED) is 0.119. The lowest BCUT2D eigenvalue weighted by Crippen LogP contribution is -2.52. The molecule has 0 aliphatic heterocycles. The zero-order valence-corrected chi connectivity index (χ0v) is 25.8. The highest BCUT2D eigenvalue weighted by Crippen LogP contribution is 2.18. The standard InChI is InChI=1S/C33H56N2O5/c1-6-8-9-10-11-12-13-14-18-21-28(23-30(36)39-24-27-19-16-15-17-20-27)40-33(38)31(26(5)7-2)35-32(37)29(34)22-25(3)4/h15-17,19-20,25-26,28-29,31H,6-14,18,21-24,34H2,1-5H3,(H,35,37)/t26-,28?,29+,31-/m0/s1. The molecule has 228 valence electrons. The number of carbonyl (C=O) groups excluding carboxylic acids is 3. The van der Waals surface area contributed by atoms with Gasteiger partial charge in [-0.2, -0.15) is 0 Å². The molecule has 3 N–H and O–H groups in total. The Morgan fingerprint density at radius 1 is 0.875 bits per heavy atom. The van der Waals surface area contributed by atoms with Crippen LogP contribution in [0.15, 0.2) is 30.3 Å². The monoisotopic (exact) mass is 560 g/mol. The van der Waals surface area contributed by atoms with Crippen LogP contribution in [-0.4, -0.2) is 36.0 Å². The molecule has 1 aromatic carbocycles. The number of rotatable bonds is 22. The summed E-state index contributed by atoms with van der Waals surface area (Å²) in [5, 5.41) is 2.83. The molecular formula is C33H56N2O5. The van der Waals surface area contributed by atoms with Gasteiger partial charge in [-0.05, 0) is 36.7 Å². The lowest BCUT2D eigenvalue weighted by molar-refractivity contribution is -0.160. The van der Waals surface area contributed by atoms with E-state index in [9.17, 15) is 14.4 Å². The van der Waals surface area contributed by atoms with Gasteiger partial charge >= 0.3 is 11.9 Å². The van der Waals surface area contributed by atoms with E-state index in [4.69, 9.17) is 15.2 Å². The fraction of sp³-hybridized carbons (Fsp3) is 0.727. The van der Waals surface area contributed by atoms with Gasteiger partial charge in [0, 0.05) is 0 Å². The summed E-state index contributed by atoms with van der Waals surface area (Å²) in [6.45, 7) is 10.3. The predicted octanol–water partition coefficient (Wildman–Crippen LogP) is 6.86. The third-order valence-corrected chi connectivity index (χ3v) is 7.38. The number of nitrogens with two attached hydrogens (primary N) is 1. The summed E-state index contributed by atoms with van der Waals surface area (Å²) in [4.78, 5) is 38.8. The van der Waals surface area contributed by atoms with Crippen LogP contribution in [-0.2, 0) is 30.5 Å². The molecule has 0 spiro atoms. The van der Waals surface area contributed by atoms with E-state index in [-0.39, 0.29) is 30.8 Å². The van der Waals surface area contributed by atoms with E-state index in [2.05, 4.69) is 12.2 Å². The van der Waals surface area contributed by atoms with Crippen molar-refractivity contribution in [1.29, 1.82) is 0 Å². The third kappa shape index (κ3) is 16.0.